The first-order chi connectivity index (χ1) is 8.61. The lowest BCUT2D eigenvalue weighted by Crippen LogP contribution is -2.44. The summed E-state index contributed by atoms with van der Waals surface area (Å²) in [7, 11) is 0. The fraction of sp³-hybridized carbons (Fsp3) is 0.538. The summed E-state index contributed by atoms with van der Waals surface area (Å²) < 4.78 is 5.95. The van der Waals surface area contributed by atoms with Crippen molar-refractivity contribution >= 4 is 6.09 Å². The molecule has 2 aliphatic rings. The van der Waals surface area contributed by atoms with E-state index >= 15 is 0 Å². The second-order valence-corrected chi connectivity index (χ2v) is 5.01. The fourth-order valence-corrected chi connectivity index (χ4v) is 2.82. The zero-order chi connectivity index (χ0) is 12.8. The van der Waals surface area contributed by atoms with Gasteiger partial charge in [0, 0.05) is 24.3 Å². The van der Waals surface area contributed by atoms with Gasteiger partial charge in [0.2, 0.25) is 0 Å². The molecule has 1 spiro atoms. The van der Waals surface area contributed by atoms with Crippen molar-refractivity contribution in [2.75, 3.05) is 13.1 Å². The molecule has 1 aromatic rings. The molecular formula is C13H16N2O3. The topological polar surface area (TPSA) is 62.7 Å². The first-order valence-corrected chi connectivity index (χ1v) is 6.20. The van der Waals surface area contributed by atoms with E-state index in [4.69, 9.17) is 9.84 Å². The van der Waals surface area contributed by atoms with Crippen molar-refractivity contribution in [3.63, 3.8) is 0 Å². The predicted molar refractivity (Wildman–Crippen MR) is 64.3 cm³/mol. The highest BCUT2D eigenvalue weighted by molar-refractivity contribution is 5.65. The van der Waals surface area contributed by atoms with Crippen LogP contribution in [0, 0.1) is 6.92 Å². The number of nitrogens with zero attached hydrogens (tertiary/aromatic N) is 2. The second kappa shape index (κ2) is 3.95. The minimum atomic E-state index is -0.847. The molecule has 1 amide bonds. The number of ether oxygens (including phenoxy) is 1. The molecule has 0 aliphatic carbocycles. The number of amides is 1. The van der Waals surface area contributed by atoms with Gasteiger partial charge in [-0.3, -0.25) is 4.98 Å². The Kier molecular flexibility index (Phi) is 2.52. The van der Waals surface area contributed by atoms with E-state index in [9.17, 15) is 4.79 Å². The van der Waals surface area contributed by atoms with Gasteiger partial charge in [0.05, 0.1) is 12.3 Å². The van der Waals surface area contributed by atoms with Crippen LogP contribution in [-0.4, -0.2) is 34.2 Å². The zero-order valence-corrected chi connectivity index (χ0v) is 10.3. The van der Waals surface area contributed by atoms with Gasteiger partial charge in [-0.2, -0.15) is 0 Å². The minimum Gasteiger partial charge on any atom is -0.465 e. The third-order valence-corrected chi connectivity index (χ3v) is 3.90. The highest BCUT2D eigenvalue weighted by Crippen LogP contribution is 2.43. The van der Waals surface area contributed by atoms with Crippen LogP contribution in [0.25, 0.3) is 0 Å². The van der Waals surface area contributed by atoms with Crippen molar-refractivity contribution < 1.29 is 14.6 Å². The van der Waals surface area contributed by atoms with Crippen LogP contribution >= 0.6 is 0 Å². The van der Waals surface area contributed by atoms with Crippen LogP contribution in [0.4, 0.5) is 4.79 Å². The average molecular weight is 248 g/mol. The molecule has 1 aromatic heterocycles. The number of likely N-dealkylation sites (tertiary alicyclic amines) is 1. The van der Waals surface area contributed by atoms with Gasteiger partial charge >= 0.3 is 6.09 Å². The molecule has 0 bridgehead atoms. The predicted octanol–water partition coefficient (Wildman–Crippen LogP) is 1.89. The van der Waals surface area contributed by atoms with Crippen LogP contribution in [0.1, 0.15) is 29.8 Å². The smallest absolute Gasteiger partial charge is 0.407 e. The standard InChI is InChI=1S/C13H16N2O3/c1-9-2-3-10-8-18-13(11(10)14-9)4-6-15(7-5-13)12(16)17/h2-3H,4-8H2,1H3,(H,16,17). The Morgan fingerprint density at radius 1 is 1.44 bits per heavy atom. The lowest BCUT2D eigenvalue weighted by atomic mass is 9.87. The van der Waals surface area contributed by atoms with Gasteiger partial charge in [-0.1, -0.05) is 6.07 Å². The van der Waals surface area contributed by atoms with Crippen molar-refractivity contribution in [1.82, 2.24) is 9.88 Å². The molecule has 2 aliphatic heterocycles. The molecule has 18 heavy (non-hydrogen) atoms. The van der Waals surface area contributed by atoms with Gasteiger partial charge in [0.1, 0.15) is 5.60 Å². The molecule has 96 valence electrons. The molecule has 0 saturated carbocycles. The maximum Gasteiger partial charge on any atom is 0.407 e. The first-order valence-electron chi connectivity index (χ1n) is 6.20. The summed E-state index contributed by atoms with van der Waals surface area (Å²) in [6, 6.07) is 4.06. The normalized spacial score (nSPS) is 21.1. The highest BCUT2D eigenvalue weighted by Gasteiger charge is 2.44. The maximum absolute atomic E-state index is 10.9. The minimum absolute atomic E-state index is 0.354. The van der Waals surface area contributed by atoms with E-state index in [1.54, 1.807) is 0 Å². The number of piperidine rings is 1. The molecule has 3 rings (SSSR count). The summed E-state index contributed by atoms with van der Waals surface area (Å²) in [5, 5.41) is 8.98. The SMILES string of the molecule is Cc1ccc2c(n1)C1(CCN(C(=O)O)CC1)OC2. The summed E-state index contributed by atoms with van der Waals surface area (Å²) in [6.45, 7) is 3.60. The number of hydrogen-bond donors (Lipinski definition) is 1. The molecule has 1 N–H and O–H groups in total. The monoisotopic (exact) mass is 248 g/mol. The molecule has 0 atom stereocenters. The number of aromatic nitrogens is 1. The van der Waals surface area contributed by atoms with Crippen LogP contribution in [0.3, 0.4) is 0 Å². The Balaban J connectivity index is 1.88. The summed E-state index contributed by atoms with van der Waals surface area (Å²) in [5.41, 5.74) is 2.80. The van der Waals surface area contributed by atoms with E-state index in [-0.39, 0.29) is 5.60 Å². The average Bonchev–Trinajstić information content (AvgIpc) is 2.69. The van der Waals surface area contributed by atoms with Crippen LogP contribution in [0.15, 0.2) is 12.1 Å². The molecule has 0 aromatic carbocycles. The third-order valence-electron chi connectivity index (χ3n) is 3.90. The van der Waals surface area contributed by atoms with Crippen molar-refractivity contribution in [3.8, 4) is 0 Å². The fourth-order valence-electron chi connectivity index (χ4n) is 2.82. The largest absolute Gasteiger partial charge is 0.465 e. The molecule has 0 unspecified atom stereocenters. The summed E-state index contributed by atoms with van der Waals surface area (Å²) in [4.78, 5) is 17.0. The van der Waals surface area contributed by atoms with Crippen LogP contribution in [0.5, 0.6) is 0 Å². The van der Waals surface area contributed by atoms with Crippen LogP contribution in [0.2, 0.25) is 0 Å². The number of hydrogen-bond acceptors (Lipinski definition) is 3. The van der Waals surface area contributed by atoms with Crippen molar-refractivity contribution in [2.45, 2.75) is 32.0 Å². The van der Waals surface area contributed by atoms with Gasteiger partial charge in [0.25, 0.3) is 0 Å². The number of carboxylic acid groups (broad SMARTS) is 1. The zero-order valence-electron chi connectivity index (χ0n) is 10.3. The molecular weight excluding hydrogens is 232 g/mol. The molecule has 5 heteroatoms. The molecule has 1 saturated heterocycles. The van der Waals surface area contributed by atoms with Gasteiger partial charge in [-0.15, -0.1) is 0 Å². The van der Waals surface area contributed by atoms with Crippen molar-refractivity contribution in [1.29, 1.82) is 0 Å². The molecule has 0 radical (unpaired) electrons. The first kappa shape index (κ1) is 11.5. The number of rotatable bonds is 0. The quantitative estimate of drug-likeness (QED) is 0.761. The number of carbonyl (C=O) groups is 1. The summed E-state index contributed by atoms with van der Waals surface area (Å²) in [5.74, 6) is 0. The lowest BCUT2D eigenvalue weighted by Gasteiger charge is -2.37. The molecule has 1 fully saturated rings. The van der Waals surface area contributed by atoms with Gasteiger partial charge < -0.3 is 14.7 Å². The Hall–Kier alpha value is -1.62. The Morgan fingerprint density at radius 2 is 2.17 bits per heavy atom. The molecule has 5 nitrogen and oxygen atoms in total. The highest BCUT2D eigenvalue weighted by atomic mass is 16.5. The van der Waals surface area contributed by atoms with E-state index in [0.29, 0.717) is 32.5 Å². The molecule has 3 heterocycles. The van der Waals surface area contributed by atoms with Gasteiger partial charge in [0.15, 0.2) is 0 Å². The summed E-state index contributed by atoms with van der Waals surface area (Å²) >= 11 is 0. The van der Waals surface area contributed by atoms with Crippen LogP contribution < -0.4 is 0 Å². The summed E-state index contributed by atoms with van der Waals surface area (Å²) in [6.07, 6.45) is 0.547. The number of aryl methyl sites for hydroxylation is 1. The number of pyridine rings is 1. The Morgan fingerprint density at radius 3 is 2.83 bits per heavy atom. The van der Waals surface area contributed by atoms with Crippen LogP contribution in [-0.2, 0) is 16.9 Å². The van der Waals surface area contributed by atoms with Gasteiger partial charge in [-0.05, 0) is 25.8 Å². The maximum atomic E-state index is 10.9. The Bertz CT molecular complexity index is 493. The third kappa shape index (κ3) is 1.66. The van der Waals surface area contributed by atoms with E-state index < -0.39 is 6.09 Å². The van der Waals surface area contributed by atoms with Crippen molar-refractivity contribution in [3.05, 3.63) is 29.1 Å². The van der Waals surface area contributed by atoms with Gasteiger partial charge in [-0.25, -0.2) is 4.79 Å². The second-order valence-electron chi connectivity index (χ2n) is 5.01. The van der Waals surface area contributed by atoms with E-state index in [0.717, 1.165) is 17.0 Å². The van der Waals surface area contributed by atoms with Crippen molar-refractivity contribution in [2.24, 2.45) is 0 Å². The Labute approximate surface area is 105 Å². The van der Waals surface area contributed by atoms with E-state index in [1.165, 1.54) is 4.90 Å². The number of fused-ring (bicyclic) bond motifs is 2. The van der Waals surface area contributed by atoms with E-state index in [2.05, 4.69) is 11.1 Å². The lowest BCUT2D eigenvalue weighted by molar-refractivity contribution is -0.0771. The van der Waals surface area contributed by atoms with E-state index in [1.807, 2.05) is 13.0 Å².